The highest BCUT2D eigenvalue weighted by Crippen LogP contribution is 2.37. The molecule has 0 bridgehead atoms. The van der Waals surface area contributed by atoms with Gasteiger partial charge in [0, 0.05) is 50.5 Å². The van der Waals surface area contributed by atoms with Crippen molar-refractivity contribution in [2.24, 2.45) is 0 Å². The zero-order valence-corrected chi connectivity index (χ0v) is 16.8. The van der Waals surface area contributed by atoms with Gasteiger partial charge in [-0.25, -0.2) is 9.67 Å². The molecule has 31 heavy (non-hydrogen) atoms. The van der Waals surface area contributed by atoms with Crippen molar-refractivity contribution < 1.29 is 18.0 Å². The monoisotopic (exact) mass is 430 g/mol. The first-order valence-electron chi connectivity index (χ1n) is 9.73. The second kappa shape index (κ2) is 8.38. The van der Waals surface area contributed by atoms with Crippen LogP contribution in [0.25, 0.3) is 5.82 Å². The number of carbonyl (C=O) groups excluding carboxylic acids is 1. The average molecular weight is 430 g/mol. The lowest BCUT2D eigenvalue weighted by Gasteiger charge is -2.34. The number of aromatic nitrogens is 3. The summed E-state index contributed by atoms with van der Waals surface area (Å²) in [5.41, 5.74) is -0.527. The van der Waals surface area contributed by atoms with Crippen molar-refractivity contribution >= 4 is 17.3 Å². The number of nitrogens with zero attached hydrogens (tertiary/aromatic N) is 5. The van der Waals surface area contributed by atoms with Crippen LogP contribution in [0.2, 0.25) is 0 Å². The first kappa shape index (κ1) is 20.9. The van der Waals surface area contributed by atoms with E-state index in [0.29, 0.717) is 24.6 Å². The van der Waals surface area contributed by atoms with Gasteiger partial charge < -0.3 is 15.1 Å². The molecule has 3 aromatic rings. The first-order valence-corrected chi connectivity index (χ1v) is 9.73. The number of carbonyl (C=O) groups is 1. The van der Waals surface area contributed by atoms with E-state index in [-0.39, 0.29) is 11.3 Å². The van der Waals surface area contributed by atoms with Gasteiger partial charge in [0.1, 0.15) is 0 Å². The Kier molecular flexibility index (Phi) is 5.64. The molecular formula is C21H21F3N6O. The highest BCUT2D eigenvalue weighted by atomic mass is 19.4. The number of nitrogens with one attached hydrogen (secondary N) is 1. The van der Waals surface area contributed by atoms with Gasteiger partial charge in [0.2, 0.25) is 0 Å². The van der Waals surface area contributed by atoms with Crippen LogP contribution in [0.15, 0.2) is 55.0 Å². The van der Waals surface area contributed by atoms with Crippen LogP contribution < -0.4 is 10.2 Å². The van der Waals surface area contributed by atoms with Crippen molar-refractivity contribution in [1.29, 1.82) is 0 Å². The Balaban J connectivity index is 1.55. The predicted octanol–water partition coefficient (Wildman–Crippen LogP) is 3.29. The minimum Gasteiger partial charge on any atom is -0.369 e. The third-order valence-corrected chi connectivity index (χ3v) is 5.17. The van der Waals surface area contributed by atoms with Gasteiger partial charge in [0.25, 0.3) is 5.91 Å². The quantitative estimate of drug-likeness (QED) is 0.688. The summed E-state index contributed by atoms with van der Waals surface area (Å²) in [5.74, 6) is -0.175. The van der Waals surface area contributed by atoms with Gasteiger partial charge in [-0.3, -0.25) is 4.79 Å². The summed E-state index contributed by atoms with van der Waals surface area (Å²) in [6.45, 7) is 2.85. The largest absolute Gasteiger partial charge is 0.418 e. The van der Waals surface area contributed by atoms with Crippen molar-refractivity contribution in [3.63, 3.8) is 0 Å². The standard InChI is InChI=1S/C21H21F3N6O/c1-28-9-11-29(12-10-28)16-4-5-18(17(13-16)21(22,23)24)27-20(31)15-3-6-19(25-14-15)30-8-2-7-26-30/h2-8,13-14H,9-12H2,1H3,(H,27,31). The number of benzene rings is 1. The van der Waals surface area contributed by atoms with Gasteiger partial charge >= 0.3 is 6.18 Å². The summed E-state index contributed by atoms with van der Waals surface area (Å²) in [4.78, 5) is 20.7. The average Bonchev–Trinajstić information content (AvgIpc) is 3.29. The molecule has 0 unspecified atom stereocenters. The molecule has 0 atom stereocenters. The number of halogens is 3. The maximum Gasteiger partial charge on any atom is 0.418 e. The van der Waals surface area contributed by atoms with Crippen LogP contribution in [0.4, 0.5) is 24.5 Å². The lowest BCUT2D eigenvalue weighted by molar-refractivity contribution is -0.136. The van der Waals surface area contributed by atoms with E-state index >= 15 is 0 Å². The molecule has 1 fully saturated rings. The number of anilines is 2. The molecule has 0 aliphatic carbocycles. The van der Waals surface area contributed by atoms with E-state index < -0.39 is 17.6 Å². The zero-order chi connectivity index (χ0) is 22.0. The van der Waals surface area contributed by atoms with Crippen LogP contribution in [0, 0.1) is 0 Å². The molecule has 0 radical (unpaired) electrons. The summed E-state index contributed by atoms with van der Waals surface area (Å²) in [6.07, 6.45) is -0.0159. The van der Waals surface area contributed by atoms with E-state index in [0.717, 1.165) is 19.2 Å². The van der Waals surface area contributed by atoms with Crippen LogP contribution in [0.5, 0.6) is 0 Å². The summed E-state index contributed by atoms with van der Waals surface area (Å²) in [5, 5.41) is 6.42. The third-order valence-electron chi connectivity index (χ3n) is 5.17. The minimum absolute atomic E-state index is 0.146. The molecule has 0 saturated carbocycles. The maximum absolute atomic E-state index is 13.7. The molecule has 2 aromatic heterocycles. The smallest absolute Gasteiger partial charge is 0.369 e. The van der Waals surface area contributed by atoms with Gasteiger partial charge in [-0.05, 0) is 43.4 Å². The highest BCUT2D eigenvalue weighted by Gasteiger charge is 2.35. The van der Waals surface area contributed by atoms with Crippen LogP contribution in [-0.2, 0) is 6.18 Å². The van der Waals surface area contributed by atoms with E-state index in [1.165, 1.54) is 23.0 Å². The molecule has 4 rings (SSSR count). The Labute approximate surface area is 177 Å². The Hall–Kier alpha value is -3.40. The van der Waals surface area contributed by atoms with E-state index in [9.17, 15) is 18.0 Å². The summed E-state index contributed by atoms with van der Waals surface area (Å²) in [7, 11) is 1.98. The van der Waals surface area contributed by atoms with Crippen molar-refractivity contribution in [2.45, 2.75) is 6.18 Å². The lowest BCUT2D eigenvalue weighted by atomic mass is 10.1. The topological polar surface area (TPSA) is 66.3 Å². The molecule has 1 N–H and O–H groups in total. The number of rotatable bonds is 4. The summed E-state index contributed by atoms with van der Waals surface area (Å²) >= 11 is 0. The van der Waals surface area contributed by atoms with Gasteiger partial charge in [0.05, 0.1) is 16.8 Å². The second-order valence-corrected chi connectivity index (χ2v) is 7.33. The van der Waals surface area contributed by atoms with E-state index in [4.69, 9.17) is 0 Å². The summed E-state index contributed by atoms with van der Waals surface area (Å²) < 4.78 is 42.7. The predicted molar refractivity (Wildman–Crippen MR) is 110 cm³/mol. The van der Waals surface area contributed by atoms with Crippen molar-refractivity contribution in [3.8, 4) is 5.82 Å². The Morgan fingerprint density at radius 1 is 1.10 bits per heavy atom. The molecule has 162 valence electrons. The Morgan fingerprint density at radius 2 is 1.87 bits per heavy atom. The number of hydrogen-bond donors (Lipinski definition) is 1. The number of likely N-dealkylation sites (N-methyl/N-ethyl adjacent to an activating group) is 1. The van der Waals surface area contributed by atoms with Crippen LogP contribution in [-0.4, -0.2) is 58.8 Å². The van der Waals surface area contributed by atoms with Crippen LogP contribution in [0.1, 0.15) is 15.9 Å². The number of alkyl halides is 3. The van der Waals surface area contributed by atoms with E-state index in [1.54, 1.807) is 30.6 Å². The van der Waals surface area contributed by atoms with Gasteiger partial charge in [-0.1, -0.05) is 0 Å². The molecule has 1 aliphatic heterocycles. The fourth-order valence-electron chi connectivity index (χ4n) is 3.39. The molecule has 10 heteroatoms. The lowest BCUT2D eigenvalue weighted by Crippen LogP contribution is -2.44. The Bertz CT molecular complexity index is 1040. The van der Waals surface area contributed by atoms with Crippen molar-refractivity contribution in [1.82, 2.24) is 19.7 Å². The van der Waals surface area contributed by atoms with Crippen LogP contribution in [0.3, 0.4) is 0 Å². The molecule has 7 nitrogen and oxygen atoms in total. The molecule has 1 saturated heterocycles. The zero-order valence-electron chi connectivity index (χ0n) is 16.8. The summed E-state index contributed by atoms with van der Waals surface area (Å²) in [6, 6.07) is 8.80. The number of pyridine rings is 1. The normalized spacial score (nSPS) is 15.2. The minimum atomic E-state index is -4.60. The maximum atomic E-state index is 13.7. The number of hydrogen-bond acceptors (Lipinski definition) is 5. The second-order valence-electron chi connectivity index (χ2n) is 7.33. The molecular weight excluding hydrogens is 409 g/mol. The number of piperazine rings is 1. The van der Waals surface area contributed by atoms with Gasteiger partial charge in [0.15, 0.2) is 5.82 Å². The third kappa shape index (κ3) is 4.69. The van der Waals surface area contributed by atoms with Gasteiger partial charge in [-0.15, -0.1) is 0 Å². The van der Waals surface area contributed by atoms with E-state index in [1.807, 2.05) is 11.9 Å². The molecule has 3 heterocycles. The molecule has 1 aromatic carbocycles. The number of amides is 1. The van der Waals surface area contributed by atoms with Crippen molar-refractivity contribution in [2.75, 3.05) is 43.4 Å². The van der Waals surface area contributed by atoms with Crippen LogP contribution >= 0.6 is 0 Å². The Morgan fingerprint density at radius 3 is 2.48 bits per heavy atom. The fraction of sp³-hybridized carbons (Fsp3) is 0.286. The van der Waals surface area contributed by atoms with Gasteiger partial charge in [-0.2, -0.15) is 18.3 Å². The molecule has 1 aliphatic rings. The highest BCUT2D eigenvalue weighted by molar-refractivity contribution is 6.04. The van der Waals surface area contributed by atoms with E-state index in [2.05, 4.69) is 20.3 Å². The SMILES string of the molecule is CN1CCN(c2ccc(NC(=O)c3ccc(-n4cccn4)nc3)c(C(F)(F)F)c2)CC1. The first-order chi connectivity index (χ1) is 14.8. The molecule has 0 spiro atoms. The fourth-order valence-corrected chi connectivity index (χ4v) is 3.39. The van der Waals surface area contributed by atoms with Crippen molar-refractivity contribution in [3.05, 3.63) is 66.1 Å². The molecule has 1 amide bonds.